The second-order valence-corrected chi connectivity index (χ2v) is 8.56. The molecule has 0 aliphatic heterocycles. The average Bonchev–Trinajstić information content (AvgIpc) is 2.62. The van der Waals surface area contributed by atoms with Gasteiger partial charge in [-0.2, -0.15) is 0 Å². The normalized spacial score (nSPS) is 18.0. The molecule has 0 amide bonds. The summed E-state index contributed by atoms with van der Waals surface area (Å²) in [6, 6.07) is 8.54. The Morgan fingerprint density at radius 2 is 2.00 bits per heavy atom. The molecule has 1 heterocycles. The van der Waals surface area contributed by atoms with E-state index in [0.717, 1.165) is 59.8 Å². The van der Waals surface area contributed by atoms with Crippen molar-refractivity contribution in [2.75, 3.05) is 5.75 Å². The van der Waals surface area contributed by atoms with E-state index in [1.807, 2.05) is 0 Å². The van der Waals surface area contributed by atoms with Crippen LogP contribution in [0.1, 0.15) is 63.0 Å². The number of nitrogens with zero attached hydrogens (tertiary/aromatic N) is 1. The molecule has 1 N–H and O–H groups in total. The highest BCUT2D eigenvalue weighted by molar-refractivity contribution is 7.99. The van der Waals surface area contributed by atoms with Crippen molar-refractivity contribution in [1.82, 2.24) is 9.97 Å². The first-order valence-corrected chi connectivity index (χ1v) is 10.6. The first kappa shape index (κ1) is 16.9. The van der Waals surface area contributed by atoms with E-state index in [-0.39, 0.29) is 11.0 Å². The molecule has 1 fully saturated rings. The lowest BCUT2D eigenvalue weighted by molar-refractivity contribution is 0.284. The number of hydrogen-bond acceptors (Lipinski definition) is 3. The van der Waals surface area contributed by atoms with Crippen LogP contribution in [0.15, 0.2) is 34.2 Å². The van der Waals surface area contributed by atoms with E-state index in [4.69, 9.17) is 4.98 Å². The molecule has 0 bridgehead atoms. The highest BCUT2D eigenvalue weighted by Gasteiger charge is 2.42. The van der Waals surface area contributed by atoms with Gasteiger partial charge >= 0.3 is 0 Å². The molecule has 2 aromatic rings. The Morgan fingerprint density at radius 3 is 2.80 bits per heavy atom. The Balaban J connectivity index is 1.85. The summed E-state index contributed by atoms with van der Waals surface area (Å²) in [5, 5.41) is 0.778. The molecule has 2 aliphatic rings. The maximum atomic E-state index is 13.1. The van der Waals surface area contributed by atoms with Crippen LogP contribution in [0.5, 0.6) is 0 Å². The Labute approximate surface area is 153 Å². The Morgan fingerprint density at radius 1 is 1.20 bits per heavy atom. The minimum atomic E-state index is -0.00483. The quantitative estimate of drug-likeness (QED) is 0.473. The summed E-state index contributed by atoms with van der Waals surface area (Å²) in [4.78, 5) is 21.1. The van der Waals surface area contributed by atoms with Gasteiger partial charge in [0.25, 0.3) is 5.56 Å². The van der Waals surface area contributed by atoms with E-state index in [2.05, 4.69) is 36.2 Å². The van der Waals surface area contributed by atoms with E-state index in [1.54, 1.807) is 11.8 Å². The number of fused-ring (bicyclic) bond motifs is 4. The Hall–Kier alpha value is -1.55. The van der Waals surface area contributed by atoms with Crippen LogP contribution in [0.4, 0.5) is 0 Å². The third kappa shape index (κ3) is 3.05. The van der Waals surface area contributed by atoms with Crippen molar-refractivity contribution in [3.05, 3.63) is 45.7 Å². The predicted octanol–water partition coefficient (Wildman–Crippen LogP) is 5.09. The van der Waals surface area contributed by atoms with E-state index < -0.39 is 0 Å². The highest BCUT2D eigenvalue weighted by Crippen LogP contribution is 2.48. The molecule has 1 aromatic carbocycles. The van der Waals surface area contributed by atoms with Crippen molar-refractivity contribution < 1.29 is 0 Å². The number of H-pyrrole nitrogens is 1. The first-order valence-electron chi connectivity index (χ1n) is 9.59. The molecule has 1 saturated carbocycles. The topological polar surface area (TPSA) is 45.8 Å². The molecule has 0 atom stereocenters. The molecule has 4 rings (SSSR count). The number of thioether (sulfide) groups is 1. The zero-order valence-corrected chi connectivity index (χ0v) is 15.8. The minimum absolute atomic E-state index is 0.00483. The van der Waals surface area contributed by atoms with Gasteiger partial charge in [-0.1, -0.05) is 68.6 Å². The maximum absolute atomic E-state index is 13.1. The molecule has 25 heavy (non-hydrogen) atoms. The largest absolute Gasteiger partial charge is 0.301 e. The molecule has 0 saturated heterocycles. The first-order chi connectivity index (χ1) is 12.2. The van der Waals surface area contributed by atoms with Crippen LogP contribution < -0.4 is 5.56 Å². The van der Waals surface area contributed by atoms with Crippen LogP contribution in [0.3, 0.4) is 0 Å². The van der Waals surface area contributed by atoms with Crippen LogP contribution >= 0.6 is 11.8 Å². The number of rotatable bonds is 4. The summed E-state index contributed by atoms with van der Waals surface area (Å²) in [6.07, 6.45) is 9.24. The standard InChI is InChI=1S/C21H26N2OS/c1-2-3-13-25-20-22-18-16-10-6-5-9-15(16)14-21(11-7-4-8-12-21)17(18)19(24)23-20/h5-6,9-10H,2-4,7-8,11-14H2,1H3,(H,22,23,24). The minimum Gasteiger partial charge on any atom is -0.301 e. The zero-order chi connectivity index (χ0) is 17.3. The Kier molecular flexibility index (Phi) is 4.72. The lowest BCUT2D eigenvalue weighted by Crippen LogP contribution is -2.40. The van der Waals surface area contributed by atoms with E-state index in [0.29, 0.717) is 0 Å². The smallest absolute Gasteiger partial charge is 0.255 e. The van der Waals surface area contributed by atoms with Crippen molar-refractivity contribution in [2.45, 2.75) is 68.9 Å². The van der Waals surface area contributed by atoms with Crippen molar-refractivity contribution >= 4 is 11.8 Å². The molecule has 132 valence electrons. The van der Waals surface area contributed by atoms with Gasteiger partial charge in [0, 0.05) is 16.7 Å². The van der Waals surface area contributed by atoms with Gasteiger partial charge in [0.05, 0.1) is 11.3 Å². The number of nitrogens with one attached hydrogen (secondary N) is 1. The van der Waals surface area contributed by atoms with Gasteiger partial charge in [-0.3, -0.25) is 4.79 Å². The number of aromatic amines is 1. The SMILES string of the molecule is CCCCSc1nc2c(c(=O)[nH]1)C1(CCCCC1)Cc1ccccc1-2. The molecular formula is C21H26N2OS. The molecule has 2 aliphatic carbocycles. The molecule has 0 radical (unpaired) electrons. The van der Waals surface area contributed by atoms with E-state index in [9.17, 15) is 4.79 Å². The molecule has 1 aromatic heterocycles. The number of benzene rings is 1. The average molecular weight is 355 g/mol. The molecule has 0 unspecified atom stereocenters. The van der Waals surface area contributed by atoms with Crippen LogP contribution in [0, 0.1) is 0 Å². The van der Waals surface area contributed by atoms with Gasteiger partial charge in [-0.15, -0.1) is 0 Å². The van der Waals surface area contributed by atoms with Crippen molar-refractivity contribution in [3.63, 3.8) is 0 Å². The summed E-state index contributed by atoms with van der Waals surface area (Å²) in [5.41, 5.74) is 4.53. The molecule has 1 spiro atoms. The van der Waals surface area contributed by atoms with Crippen LogP contribution in [0.2, 0.25) is 0 Å². The third-order valence-electron chi connectivity index (χ3n) is 5.78. The summed E-state index contributed by atoms with van der Waals surface area (Å²) >= 11 is 1.68. The van der Waals surface area contributed by atoms with Gasteiger partial charge in [0.1, 0.15) is 0 Å². The van der Waals surface area contributed by atoms with Crippen molar-refractivity contribution in [3.8, 4) is 11.3 Å². The fourth-order valence-electron chi connectivity index (χ4n) is 4.53. The second-order valence-electron chi connectivity index (χ2n) is 7.47. The zero-order valence-electron chi connectivity index (χ0n) is 14.9. The van der Waals surface area contributed by atoms with Gasteiger partial charge in [-0.05, 0) is 31.2 Å². The van der Waals surface area contributed by atoms with E-state index >= 15 is 0 Å². The monoisotopic (exact) mass is 354 g/mol. The van der Waals surface area contributed by atoms with Gasteiger partial charge in [0.2, 0.25) is 0 Å². The third-order valence-corrected chi connectivity index (χ3v) is 6.74. The summed E-state index contributed by atoms with van der Waals surface area (Å²) < 4.78 is 0. The van der Waals surface area contributed by atoms with Gasteiger partial charge in [-0.25, -0.2) is 4.98 Å². The lowest BCUT2D eigenvalue weighted by Gasteiger charge is -2.41. The maximum Gasteiger partial charge on any atom is 0.255 e. The fourth-order valence-corrected chi connectivity index (χ4v) is 5.48. The van der Waals surface area contributed by atoms with Gasteiger partial charge < -0.3 is 4.98 Å². The second kappa shape index (κ2) is 6.99. The van der Waals surface area contributed by atoms with Crippen LogP contribution in [-0.2, 0) is 11.8 Å². The fraction of sp³-hybridized carbons (Fsp3) is 0.524. The van der Waals surface area contributed by atoms with Crippen molar-refractivity contribution in [2.24, 2.45) is 0 Å². The summed E-state index contributed by atoms with van der Waals surface area (Å²) in [5.74, 6) is 1.00. The number of unbranched alkanes of at least 4 members (excludes halogenated alkanes) is 1. The summed E-state index contributed by atoms with van der Waals surface area (Å²) in [7, 11) is 0. The predicted molar refractivity (Wildman–Crippen MR) is 104 cm³/mol. The van der Waals surface area contributed by atoms with E-state index in [1.165, 1.54) is 24.8 Å². The van der Waals surface area contributed by atoms with Crippen LogP contribution in [-0.4, -0.2) is 15.7 Å². The van der Waals surface area contributed by atoms with Crippen LogP contribution in [0.25, 0.3) is 11.3 Å². The molecule has 3 nitrogen and oxygen atoms in total. The Bertz CT molecular complexity index is 821. The molecular weight excluding hydrogens is 328 g/mol. The summed E-state index contributed by atoms with van der Waals surface area (Å²) in [6.45, 7) is 2.19. The highest BCUT2D eigenvalue weighted by atomic mass is 32.2. The number of aromatic nitrogens is 2. The molecule has 4 heteroatoms. The van der Waals surface area contributed by atoms with Gasteiger partial charge in [0.15, 0.2) is 5.16 Å². The number of hydrogen-bond donors (Lipinski definition) is 1. The lowest BCUT2D eigenvalue weighted by atomic mass is 9.62. The van der Waals surface area contributed by atoms with Crippen molar-refractivity contribution in [1.29, 1.82) is 0 Å².